The normalized spacial score (nSPS) is 18.0. The largest absolute Gasteiger partial charge is 0.310 e. The third-order valence-electron chi connectivity index (χ3n) is 5.58. The second kappa shape index (κ2) is 7.17. The number of hydrogen-bond acceptors (Lipinski definition) is 2. The van der Waals surface area contributed by atoms with Crippen LogP contribution < -0.4 is 5.32 Å². The standard InChI is InChI=1S/C22H38N2/c1-16(23-12-9-13-24(7)8)19-14-17(21(2,3)4)15-20-18(19)10-11-22(20,5)6/h14-16,23H,9-13H2,1-8H3/t16-/m1/s1. The predicted octanol–water partition coefficient (Wildman–Crippen LogP) is 4.81. The fraction of sp³-hybridized carbons (Fsp3) is 0.727. The highest BCUT2D eigenvalue weighted by Gasteiger charge is 2.33. The molecule has 1 aliphatic carbocycles. The highest BCUT2D eigenvalue weighted by Crippen LogP contribution is 2.43. The zero-order valence-electron chi connectivity index (χ0n) is 17.2. The first-order chi connectivity index (χ1) is 11.0. The fourth-order valence-corrected chi connectivity index (χ4v) is 3.79. The second-order valence-corrected chi connectivity index (χ2v) is 9.56. The Morgan fingerprint density at radius 2 is 1.88 bits per heavy atom. The summed E-state index contributed by atoms with van der Waals surface area (Å²) in [5.41, 5.74) is 6.73. The topological polar surface area (TPSA) is 15.3 Å². The van der Waals surface area contributed by atoms with Gasteiger partial charge in [0.2, 0.25) is 0 Å². The highest BCUT2D eigenvalue weighted by atomic mass is 15.1. The molecule has 0 radical (unpaired) electrons. The van der Waals surface area contributed by atoms with Crippen molar-refractivity contribution in [1.29, 1.82) is 0 Å². The monoisotopic (exact) mass is 330 g/mol. The third-order valence-corrected chi connectivity index (χ3v) is 5.58. The van der Waals surface area contributed by atoms with Gasteiger partial charge in [0.15, 0.2) is 0 Å². The van der Waals surface area contributed by atoms with Crippen molar-refractivity contribution in [2.45, 2.75) is 77.7 Å². The summed E-state index contributed by atoms with van der Waals surface area (Å²) in [4.78, 5) is 2.26. The first-order valence-electron chi connectivity index (χ1n) is 9.58. The molecule has 1 atom stereocenters. The van der Waals surface area contributed by atoms with Gasteiger partial charge in [-0.2, -0.15) is 0 Å². The Kier molecular flexibility index (Phi) is 5.82. The maximum absolute atomic E-state index is 3.76. The molecule has 1 aromatic carbocycles. The van der Waals surface area contributed by atoms with Crippen molar-refractivity contribution in [3.8, 4) is 0 Å². The van der Waals surface area contributed by atoms with Crippen molar-refractivity contribution in [3.63, 3.8) is 0 Å². The summed E-state index contributed by atoms with van der Waals surface area (Å²) in [6, 6.07) is 5.39. The summed E-state index contributed by atoms with van der Waals surface area (Å²) < 4.78 is 0. The average molecular weight is 331 g/mol. The lowest BCUT2D eigenvalue weighted by Crippen LogP contribution is -2.25. The van der Waals surface area contributed by atoms with Crippen molar-refractivity contribution in [1.82, 2.24) is 10.2 Å². The number of benzene rings is 1. The van der Waals surface area contributed by atoms with Gasteiger partial charge >= 0.3 is 0 Å². The molecule has 0 bridgehead atoms. The highest BCUT2D eigenvalue weighted by molar-refractivity contribution is 5.49. The molecule has 0 heterocycles. The molecule has 0 amide bonds. The zero-order valence-corrected chi connectivity index (χ0v) is 17.2. The Morgan fingerprint density at radius 3 is 2.46 bits per heavy atom. The molecular formula is C22H38N2. The van der Waals surface area contributed by atoms with Gasteiger partial charge in [-0.05, 0) is 86.5 Å². The fourth-order valence-electron chi connectivity index (χ4n) is 3.79. The van der Waals surface area contributed by atoms with Crippen molar-refractivity contribution in [3.05, 3.63) is 34.4 Å². The number of nitrogens with one attached hydrogen (secondary N) is 1. The van der Waals surface area contributed by atoms with E-state index >= 15 is 0 Å². The molecule has 0 fully saturated rings. The third kappa shape index (κ3) is 4.40. The molecule has 0 saturated heterocycles. The molecule has 2 heteroatoms. The zero-order chi connectivity index (χ0) is 18.1. The van der Waals surface area contributed by atoms with Gasteiger partial charge in [0.1, 0.15) is 0 Å². The summed E-state index contributed by atoms with van der Waals surface area (Å²) in [5, 5.41) is 3.76. The summed E-state index contributed by atoms with van der Waals surface area (Å²) in [6.07, 6.45) is 3.70. The van der Waals surface area contributed by atoms with E-state index in [1.54, 1.807) is 11.1 Å². The summed E-state index contributed by atoms with van der Waals surface area (Å²) in [5.74, 6) is 0. The lowest BCUT2D eigenvalue weighted by Gasteiger charge is -2.28. The number of fused-ring (bicyclic) bond motifs is 1. The van der Waals surface area contributed by atoms with Crippen LogP contribution in [-0.2, 0) is 17.3 Å². The minimum atomic E-state index is 0.201. The van der Waals surface area contributed by atoms with E-state index in [1.807, 2.05) is 0 Å². The smallest absolute Gasteiger partial charge is 0.0294 e. The maximum atomic E-state index is 3.76. The number of hydrogen-bond donors (Lipinski definition) is 1. The number of nitrogens with zero attached hydrogens (tertiary/aromatic N) is 1. The Hall–Kier alpha value is -0.860. The molecule has 24 heavy (non-hydrogen) atoms. The van der Waals surface area contributed by atoms with Crippen LogP contribution in [-0.4, -0.2) is 32.1 Å². The van der Waals surface area contributed by atoms with Crippen LogP contribution in [0.3, 0.4) is 0 Å². The van der Waals surface area contributed by atoms with Crippen LogP contribution in [0.4, 0.5) is 0 Å². The van der Waals surface area contributed by atoms with E-state index in [-0.39, 0.29) is 5.41 Å². The van der Waals surface area contributed by atoms with Gasteiger partial charge in [0, 0.05) is 6.04 Å². The van der Waals surface area contributed by atoms with Crippen LogP contribution in [0.1, 0.15) is 82.7 Å². The summed E-state index contributed by atoms with van der Waals surface area (Å²) in [7, 11) is 4.29. The summed E-state index contributed by atoms with van der Waals surface area (Å²) in [6.45, 7) is 16.4. The lowest BCUT2D eigenvalue weighted by atomic mass is 9.79. The molecule has 2 nitrogen and oxygen atoms in total. The van der Waals surface area contributed by atoms with Gasteiger partial charge in [-0.25, -0.2) is 0 Å². The van der Waals surface area contributed by atoms with Gasteiger partial charge in [0.25, 0.3) is 0 Å². The van der Waals surface area contributed by atoms with E-state index in [0.717, 1.165) is 13.1 Å². The maximum Gasteiger partial charge on any atom is 0.0294 e. The van der Waals surface area contributed by atoms with Crippen molar-refractivity contribution < 1.29 is 0 Å². The van der Waals surface area contributed by atoms with Gasteiger partial charge in [0.05, 0.1) is 0 Å². The molecule has 0 unspecified atom stereocenters. The van der Waals surface area contributed by atoms with Gasteiger partial charge in [-0.1, -0.05) is 46.8 Å². The summed E-state index contributed by atoms with van der Waals surface area (Å²) >= 11 is 0. The lowest BCUT2D eigenvalue weighted by molar-refractivity contribution is 0.389. The molecule has 136 valence electrons. The first kappa shape index (κ1) is 19.5. The molecule has 0 saturated carbocycles. The van der Waals surface area contributed by atoms with Gasteiger partial charge < -0.3 is 10.2 Å². The van der Waals surface area contributed by atoms with Crippen LogP contribution in [0.5, 0.6) is 0 Å². The molecule has 1 N–H and O–H groups in total. The molecular weight excluding hydrogens is 292 g/mol. The SMILES string of the molecule is C[C@@H](NCCCN(C)C)c1cc(C(C)(C)C)cc2c1CCC2(C)C. The van der Waals surface area contributed by atoms with Gasteiger partial charge in [-0.3, -0.25) is 0 Å². The molecule has 0 aliphatic heterocycles. The quantitative estimate of drug-likeness (QED) is 0.753. The molecule has 1 aromatic rings. The Balaban J connectivity index is 2.27. The molecule has 1 aliphatic rings. The van der Waals surface area contributed by atoms with E-state index in [1.165, 1.54) is 30.4 Å². The average Bonchev–Trinajstić information content (AvgIpc) is 2.77. The predicted molar refractivity (Wildman–Crippen MR) is 106 cm³/mol. The first-order valence-corrected chi connectivity index (χ1v) is 9.58. The van der Waals surface area contributed by atoms with Crippen LogP contribution in [0.2, 0.25) is 0 Å². The minimum absolute atomic E-state index is 0.201. The van der Waals surface area contributed by atoms with E-state index in [9.17, 15) is 0 Å². The second-order valence-electron chi connectivity index (χ2n) is 9.56. The van der Waals surface area contributed by atoms with Crippen LogP contribution in [0, 0.1) is 0 Å². The Morgan fingerprint density at radius 1 is 1.21 bits per heavy atom. The van der Waals surface area contributed by atoms with E-state index in [0.29, 0.717) is 11.5 Å². The van der Waals surface area contributed by atoms with E-state index < -0.39 is 0 Å². The Bertz CT molecular complexity index is 564. The van der Waals surface area contributed by atoms with Crippen molar-refractivity contribution >= 4 is 0 Å². The number of rotatable bonds is 6. The molecule has 2 rings (SSSR count). The van der Waals surface area contributed by atoms with Crippen LogP contribution in [0.15, 0.2) is 12.1 Å². The van der Waals surface area contributed by atoms with Crippen molar-refractivity contribution in [2.24, 2.45) is 0 Å². The van der Waals surface area contributed by atoms with E-state index in [4.69, 9.17) is 0 Å². The molecule has 0 aromatic heterocycles. The minimum Gasteiger partial charge on any atom is -0.310 e. The van der Waals surface area contributed by atoms with Crippen LogP contribution >= 0.6 is 0 Å². The van der Waals surface area contributed by atoms with Gasteiger partial charge in [-0.15, -0.1) is 0 Å². The Labute approximate surface area is 150 Å². The van der Waals surface area contributed by atoms with E-state index in [2.05, 4.69) is 78.0 Å². The molecule has 0 spiro atoms. The van der Waals surface area contributed by atoms with Crippen LogP contribution in [0.25, 0.3) is 0 Å². The van der Waals surface area contributed by atoms with Crippen molar-refractivity contribution in [2.75, 3.05) is 27.2 Å².